The van der Waals surface area contributed by atoms with Gasteiger partial charge in [-0.15, -0.1) is 0 Å². The van der Waals surface area contributed by atoms with E-state index in [-0.39, 0.29) is 25.3 Å². The first-order valence-electron chi connectivity index (χ1n) is 10.5. The highest BCUT2D eigenvalue weighted by Gasteiger charge is 2.20. The van der Waals surface area contributed by atoms with Crippen LogP contribution in [0.1, 0.15) is 30.5 Å². The summed E-state index contributed by atoms with van der Waals surface area (Å²) in [5, 5.41) is 15.4. The molecule has 0 aliphatic rings. The Kier molecular flexibility index (Phi) is 8.25. The maximum Gasteiger partial charge on any atom is 0.328 e. The summed E-state index contributed by atoms with van der Waals surface area (Å²) in [6.45, 7) is -0.160. The average molecular weight is 434 g/mol. The van der Waals surface area contributed by atoms with Gasteiger partial charge in [0.25, 0.3) is 0 Å². The second kappa shape index (κ2) is 11.5. The van der Waals surface area contributed by atoms with Crippen molar-refractivity contribution in [1.29, 1.82) is 0 Å². The molecule has 3 N–H and O–H groups in total. The number of nitrogens with zero attached hydrogens (tertiary/aromatic N) is 2. The second-order valence-corrected chi connectivity index (χ2v) is 7.48. The number of rotatable bonds is 11. The van der Waals surface area contributed by atoms with Gasteiger partial charge in [-0.1, -0.05) is 30.3 Å². The number of nitrogens with one attached hydrogen (secondary N) is 2. The van der Waals surface area contributed by atoms with Crippen molar-refractivity contribution in [2.24, 2.45) is 0 Å². The SMILES string of the molecule is O=C(CCCCc1ccc2cccnc2n1)NC[C@H](NC(=O)Cc1ccccc1)C(=O)O. The first-order valence-corrected chi connectivity index (χ1v) is 10.5. The molecule has 0 saturated heterocycles. The summed E-state index contributed by atoms with van der Waals surface area (Å²) in [5.74, 6) is -1.85. The van der Waals surface area contributed by atoms with E-state index in [1.165, 1.54) is 0 Å². The lowest BCUT2D eigenvalue weighted by Crippen LogP contribution is -2.48. The highest BCUT2D eigenvalue weighted by atomic mass is 16.4. The molecule has 0 aliphatic heterocycles. The van der Waals surface area contributed by atoms with Gasteiger partial charge in [-0.05, 0) is 49.1 Å². The highest BCUT2D eigenvalue weighted by Crippen LogP contribution is 2.11. The van der Waals surface area contributed by atoms with Gasteiger partial charge in [0.1, 0.15) is 6.04 Å². The molecule has 32 heavy (non-hydrogen) atoms. The number of aryl methyl sites for hydroxylation is 1. The lowest BCUT2D eigenvalue weighted by Gasteiger charge is -2.15. The van der Waals surface area contributed by atoms with Crippen molar-refractivity contribution in [3.05, 3.63) is 72.1 Å². The monoisotopic (exact) mass is 434 g/mol. The van der Waals surface area contributed by atoms with Crippen LogP contribution in [0.4, 0.5) is 0 Å². The minimum absolute atomic E-state index is 0.0803. The van der Waals surface area contributed by atoms with Crippen LogP contribution in [0.15, 0.2) is 60.8 Å². The van der Waals surface area contributed by atoms with Gasteiger partial charge in [-0.2, -0.15) is 0 Å². The standard InChI is InChI=1S/C24H26N4O4/c29-21(11-5-4-10-19-13-12-18-9-6-14-25-23(18)27-19)26-16-20(24(31)32)28-22(30)15-17-7-2-1-3-8-17/h1-3,6-9,12-14,20H,4-5,10-11,15-16H2,(H,26,29)(H,28,30)(H,31,32)/t20-/m0/s1. The normalized spacial score (nSPS) is 11.6. The van der Waals surface area contributed by atoms with Gasteiger partial charge >= 0.3 is 5.97 Å². The molecular formula is C24H26N4O4. The summed E-state index contributed by atoms with van der Waals surface area (Å²) < 4.78 is 0. The Balaban J connectivity index is 1.37. The largest absolute Gasteiger partial charge is 0.480 e. The Morgan fingerprint density at radius 2 is 1.75 bits per heavy atom. The molecule has 1 atom stereocenters. The zero-order chi connectivity index (χ0) is 22.8. The van der Waals surface area contributed by atoms with Crippen LogP contribution in [0.5, 0.6) is 0 Å². The van der Waals surface area contributed by atoms with Crippen LogP contribution in [0.2, 0.25) is 0 Å². The summed E-state index contributed by atoms with van der Waals surface area (Å²) in [7, 11) is 0. The van der Waals surface area contributed by atoms with Gasteiger partial charge in [-0.3, -0.25) is 9.59 Å². The molecule has 2 heterocycles. The van der Waals surface area contributed by atoms with Crippen molar-refractivity contribution in [2.75, 3.05) is 6.54 Å². The van der Waals surface area contributed by atoms with E-state index < -0.39 is 17.9 Å². The van der Waals surface area contributed by atoms with E-state index in [1.807, 2.05) is 42.5 Å². The van der Waals surface area contributed by atoms with Crippen LogP contribution in [0, 0.1) is 0 Å². The molecule has 1 aromatic carbocycles. The quantitative estimate of drug-likeness (QED) is 0.398. The smallest absolute Gasteiger partial charge is 0.328 e. The second-order valence-electron chi connectivity index (χ2n) is 7.48. The van der Waals surface area contributed by atoms with Crippen LogP contribution < -0.4 is 10.6 Å². The molecule has 0 fully saturated rings. The number of hydrogen-bond acceptors (Lipinski definition) is 5. The first-order chi connectivity index (χ1) is 15.5. The Morgan fingerprint density at radius 1 is 0.938 bits per heavy atom. The minimum atomic E-state index is -1.19. The Hall–Kier alpha value is -3.81. The molecule has 0 saturated carbocycles. The molecule has 0 aliphatic carbocycles. The predicted octanol–water partition coefficient (Wildman–Crippen LogP) is 2.27. The lowest BCUT2D eigenvalue weighted by molar-refractivity contribution is -0.141. The number of pyridine rings is 2. The van der Waals surface area contributed by atoms with E-state index in [2.05, 4.69) is 20.6 Å². The van der Waals surface area contributed by atoms with E-state index in [1.54, 1.807) is 18.3 Å². The fourth-order valence-corrected chi connectivity index (χ4v) is 3.25. The molecule has 0 radical (unpaired) electrons. The molecule has 0 spiro atoms. The molecule has 2 amide bonds. The van der Waals surface area contributed by atoms with Crippen LogP contribution in [-0.4, -0.2) is 45.4 Å². The van der Waals surface area contributed by atoms with E-state index in [9.17, 15) is 19.5 Å². The van der Waals surface area contributed by atoms with E-state index >= 15 is 0 Å². The number of hydrogen-bond donors (Lipinski definition) is 3. The summed E-state index contributed by atoms with van der Waals surface area (Å²) in [5.41, 5.74) is 2.41. The summed E-state index contributed by atoms with van der Waals surface area (Å²) in [6.07, 6.45) is 4.21. The third kappa shape index (κ3) is 7.16. The highest BCUT2D eigenvalue weighted by molar-refractivity contribution is 5.85. The summed E-state index contributed by atoms with van der Waals surface area (Å²) in [4.78, 5) is 44.4. The molecule has 0 unspecified atom stereocenters. The predicted molar refractivity (Wildman–Crippen MR) is 120 cm³/mol. The van der Waals surface area contributed by atoms with E-state index in [4.69, 9.17) is 0 Å². The maximum absolute atomic E-state index is 12.1. The first kappa shape index (κ1) is 22.9. The fourth-order valence-electron chi connectivity index (χ4n) is 3.25. The minimum Gasteiger partial charge on any atom is -0.480 e. The van der Waals surface area contributed by atoms with Gasteiger partial charge in [0.05, 0.1) is 6.42 Å². The van der Waals surface area contributed by atoms with Crippen molar-refractivity contribution in [1.82, 2.24) is 20.6 Å². The zero-order valence-corrected chi connectivity index (χ0v) is 17.7. The van der Waals surface area contributed by atoms with Gasteiger partial charge < -0.3 is 15.7 Å². The number of carbonyl (C=O) groups is 3. The number of aromatic nitrogens is 2. The number of amides is 2. The summed E-state index contributed by atoms with van der Waals surface area (Å²) >= 11 is 0. The molecule has 0 bridgehead atoms. The number of carboxylic acids is 1. The number of aliphatic carboxylic acids is 1. The van der Waals surface area contributed by atoms with Crippen LogP contribution in [-0.2, 0) is 27.2 Å². The van der Waals surface area contributed by atoms with E-state index in [0.717, 1.165) is 29.5 Å². The van der Waals surface area contributed by atoms with Crippen LogP contribution >= 0.6 is 0 Å². The van der Waals surface area contributed by atoms with Gasteiger partial charge in [0.15, 0.2) is 5.65 Å². The molecule has 8 heteroatoms. The third-order valence-electron chi connectivity index (χ3n) is 4.95. The van der Waals surface area contributed by atoms with Crippen molar-refractivity contribution in [2.45, 2.75) is 38.1 Å². The van der Waals surface area contributed by atoms with Crippen molar-refractivity contribution in [3.63, 3.8) is 0 Å². The number of fused-ring (bicyclic) bond motifs is 1. The van der Waals surface area contributed by atoms with Gasteiger partial charge in [-0.25, -0.2) is 14.8 Å². The zero-order valence-electron chi connectivity index (χ0n) is 17.7. The molecule has 166 valence electrons. The number of carboxylic acid groups (broad SMARTS) is 1. The molecule has 8 nitrogen and oxygen atoms in total. The lowest BCUT2D eigenvalue weighted by atomic mass is 10.1. The Morgan fingerprint density at radius 3 is 2.53 bits per heavy atom. The van der Waals surface area contributed by atoms with Crippen molar-refractivity contribution >= 4 is 28.8 Å². The Labute approximate surface area is 186 Å². The average Bonchev–Trinajstić information content (AvgIpc) is 2.80. The molecule has 2 aromatic heterocycles. The number of carbonyl (C=O) groups excluding carboxylic acids is 2. The molecule has 3 rings (SSSR count). The maximum atomic E-state index is 12.1. The van der Waals surface area contributed by atoms with Crippen molar-refractivity contribution < 1.29 is 19.5 Å². The Bertz CT molecular complexity index is 1070. The van der Waals surface area contributed by atoms with Gasteiger partial charge in [0, 0.05) is 30.2 Å². The van der Waals surface area contributed by atoms with E-state index in [0.29, 0.717) is 12.1 Å². The summed E-state index contributed by atoms with van der Waals surface area (Å²) in [6, 6.07) is 15.6. The number of unbranched alkanes of at least 4 members (excludes halogenated alkanes) is 1. The molecular weight excluding hydrogens is 408 g/mol. The molecule has 3 aromatic rings. The van der Waals surface area contributed by atoms with Crippen LogP contribution in [0.25, 0.3) is 11.0 Å². The van der Waals surface area contributed by atoms with Crippen molar-refractivity contribution in [3.8, 4) is 0 Å². The fraction of sp³-hybridized carbons (Fsp3) is 0.292. The van der Waals surface area contributed by atoms with Gasteiger partial charge in [0.2, 0.25) is 11.8 Å². The van der Waals surface area contributed by atoms with Crippen LogP contribution in [0.3, 0.4) is 0 Å². The third-order valence-corrected chi connectivity index (χ3v) is 4.95. The topological polar surface area (TPSA) is 121 Å². The number of benzene rings is 1.